The molecule has 0 spiro atoms. The van der Waals surface area contributed by atoms with Gasteiger partial charge in [-0.2, -0.15) is 0 Å². The van der Waals surface area contributed by atoms with E-state index in [4.69, 9.17) is 13.9 Å². The summed E-state index contributed by atoms with van der Waals surface area (Å²) in [4.78, 5) is 36.1. The number of hydrogen-bond donors (Lipinski definition) is 0. The highest BCUT2D eigenvalue weighted by Crippen LogP contribution is 2.40. The summed E-state index contributed by atoms with van der Waals surface area (Å²) < 4.78 is 29.2. The molecular weight excluding hydrogens is 435 g/mol. The predicted octanol–water partition coefficient (Wildman–Crippen LogP) is 4.85. The second kappa shape index (κ2) is 7.93. The maximum atomic E-state index is 13.0. The molecule has 3 rings (SSSR count). The number of furan rings is 1. The van der Waals surface area contributed by atoms with Crippen LogP contribution in [-0.4, -0.2) is 24.8 Å². The van der Waals surface area contributed by atoms with Crippen LogP contribution in [0.3, 0.4) is 0 Å². The van der Waals surface area contributed by atoms with Gasteiger partial charge in [-0.3, -0.25) is 4.79 Å². The van der Waals surface area contributed by atoms with E-state index in [0.717, 1.165) is 12.1 Å². The van der Waals surface area contributed by atoms with E-state index in [1.165, 1.54) is 18.2 Å². The summed E-state index contributed by atoms with van der Waals surface area (Å²) in [6, 6.07) is 6.41. The quantitative estimate of drug-likeness (QED) is 0.315. The van der Waals surface area contributed by atoms with E-state index in [2.05, 4.69) is 15.9 Å². The first-order valence-electron chi connectivity index (χ1n) is 8.23. The molecule has 0 saturated heterocycles. The zero-order valence-electron chi connectivity index (χ0n) is 14.9. The topological polar surface area (TPSA) is 82.8 Å². The largest absolute Gasteiger partial charge is 0.462 e. The zero-order valence-corrected chi connectivity index (χ0v) is 16.5. The number of carbonyl (C=O) groups is 3. The van der Waals surface area contributed by atoms with E-state index in [-0.39, 0.29) is 39.1 Å². The Kier molecular flexibility index (Phi) is 5.60. The van der Waals surface area contributed by atoms with Crippen LogP contribution >= 0.6 is 15.9 Å². The van der Waals surface area contributed by atoms with Gasteiger partial charge >= 0.3 is 11.9 Å². The van der Waals surface area contributed by atoms with E-state index in [1.807, 2.05) is 0 Å². The summed E-state index contributed by atoms with van der Waals surface area (Å²) in [5.41, 5.74) is 0.927. The molecule has 0 unspecified atom stereocenters. The molecule has 0 atom stereocenters. The van der Waals surface area contributed by atoms with Crippen molar-refractivity contribution in [1.29, 1.82) is 0 Å². The molecule has 0 saturated carbocycles. The third-order valence-electron chi connectivity index (χ3n) is 3.95. The minimum Gasteiger partial charge on any atom is -0.462 e. The molecule has 0 aliphatic carbocycles. The molecule has 144 valence electrons. The Labute approximate surface area is 167 Å². The lowest BCUT2D eigenvalue weighted by atomic mass is 10.1. The monoisotopic (exact) mass is 448 g/mol. The van der Waals surface area contributed by atoms with Crippen molar-refractivity contribution < 1.29 is 32.7 Å². The zero-order chi connectivity index (χ0) is 20.4. The highest BCUT2D eigenvalue weighted by molar-refractivity contribution is 9.10. The fourth-order valence-electron chi connectivity index (χ4n) is 2.69. The van der Waals surface area contributed by atoms with Crippen LogP contribution in [-0.2, 0) is 4.74 Å². The van der Waals surface area contributed by atoms with Crippen molar-refractivity contribution in [1.82, 2.24) is 0 Å². The fraction of sp³-hybridized carbons (Fsp3) is 0.150. The lowest BCUT2D eigenvalue weighted by molar-refractivity contribution is 0.0524. The maximum Gasteiger partial charge on any atom is 0.343 e. The van der Waals surface area contributed by atoms with Crippen molar-refractivity contribution >= 4 is 45.1 Å². The standard InChI is InChI=1S/C20H14BrFO6/c1-3-26-20(25)15-14(9-23)27-18-10(2)8-13(17(21)16(15)18)28-19(24)11-4-6-12(22)7-5-11/h4-9H,3H2,1-2H3. The molecular formula is C20H14BrFO6. The first-order chi connectivity index (χ1) is 13.4. The molecule has 1 aromatic heterocycles. The van der Waals surface area contributed by atoms with Crippen molar-refractivity contribution in [3.8, 4) is 5.75 Å². The normalized spacial score (nSPS) is 10.7. The Bertz CT molecular complexity index is 1080. The van der Waals surface area contributed by atoms with Gasteiger partial charge in [0.25, 0.3) is 0 Å². The highest BCUT2D eigenvalue weighted by atomic mass is 79.9. The number of esters is 2. The molecule has 0 fully saturated rings. The molecule has 6 nitrogen and oxygen atoms in total. The Balaban J connectivity index is 2.11. The molecule has 28 heavy (non-hydrogen) atoms. The third kappa shape index (κ3) is 3.55. The highest BCUT2D eigenvalue weighted by Gasteiger charge is 2.27. The average molecular weight is 449 g/mol. The molecule has 0 aliphatic rings. The van der Waals surface area contributed by atoms with Crippen LogP contribution in [0.15, 0.2) is 39.2 Å². The van der Waals surface area contributed by atoms with Crippen LogP contribution < -0.4 is 4.74 Å². The summed E-state index contributed by atoms with van der Waals surface area (Å²) >= 11 is 3.32. The Morgan fingerprint density at radius 1 is 1.21 bits per heavy atom. The minimum absolute atomic E-state index is 0.0542. The van der Waals surface area contributed by atoms with Crippen molar-refractivity contribution in [3.05, 3.63) is 63.1 Å². The Morgan fingerprint density at radius 2 is 1.89 bits per heavy atom. The molecule has 0 bridgehead atoms. The molecule has 1 heterocycles. The summed E-state index contributed by atoms with van der Waals surface area (Å²) in [7, 11) is 0. The van der Waals surface area contributed by atoms with Crippen LogP contribution in [0.4, 0.5) is 4.39 Å². The van der Waals surface area contributed by atoms with Gasteiger partial charge < -0.3 is 13.9 Å². The lowest BCUT2D eigenvalue weighted by Crippen LogP contribution is -2.10. The van der Waals surface area contributed by atoms with E-state index in [0.29, 0.717) is 17.4 Å². The van der Waals surface area contributed by atoms with Gasteiger partial charge in [0.05, 0.1) is 22.0 Å². The smallest absolute Gasteiger partial charge is 0.343 e. The number of aryl methyl sites for hydroxylation is 1. The molecule has 3 aromatic rings. The second-order valence-electron chi connectivity index (χ2n) is 5.79. The van der Waals surface area contributed by atoms with E-state index in [9.17, 15) is 18.8 Å². The Hall–Kier alpha value is -3.00. The molecule has 2 aromatic carbocycles. The van der Waals surface area contributed by atoms with Gasteiger partial charge in [0.15, 0.2) is 12.0 Å². The van der Waals surface area contributed by atoms with E-state index >= 15 is 0 Å². The number of aldehydes is 1. The van der Waals surface area contributed by atoms with Crippen LogP contribution in [0.25, 0.3) is 11.0 Å². The fourth-order valence-corrected chi connectivity index (χ4v) is 3.27. The predicted molar refractivity (Wildman–Crippen MR) is 101 cm³/mol. The minimum atomic E-state index is -0.731. The molecule has 0 aliphatic heterocycles. The number of carbonyl (C=O) groups excluding carboxylic acids is 3. The number of benzene rings is 2. The van der Waals surface area contributed by atoms with Gasteiger partial charge in [-0.25, -0.2) is 14.0 Å². The van der Waals surface area contributed by atoms with Crippen molar-refractivity contribution in [3.63, 3.8) is 0 Å². The first kappa shape index (κ1) is 19.8. The van der Waals surface area contributed by atoms with Gasteiger partial charge in [-0.1, -0.05) is 0 Å². The average Bonchev–Trinajstić information content (AvgIpc) is 3.07. The Morgan fingerprint density at radius 3 is 2.50 bits per heavy atom. The van der Waals surface area contributed by atoms with Crippen LogP contribution in [0.5, 0.6) is 5.75 Å². The van der Waals surface area contributed by atoms with Gasteiger partial charge in [0, 0.05) is 0 Å². The number of hydrogen-bond acceptors (Lipinski definition) is 6. The summed E-state index contributed by atoms with van der Waals surface area (Å²) in [6.45, 7) is 3.42. The van der Waals surface area contributed by atoms with Crippen LogP contribution in [0.2, 0.25) is 0 Å². The summed E-state index contributed by atoms with van der Waals surface area (Å²) in [5.74, 6) is -1.99. The maximum absolute atomic E-state index is 13.0. The molecule has 0 amide bonds. The van der Waals surface area contributed by atoms with Crippen LogP contribution in [0, 0.1) is 12.7 Å². The molecule has 8 heteroatoms. The van der Waals surface area contributed by atoms with Gasteiger partial charge in [0.2, 0.25) is 0 Å². The number of rotatable bonds is 5. The van der Waals surface area contributed by atoms with E-state index in [1.54, 1.807) is 13.8 Å². The lowest BCUT2D eigenvalue weighted by Gasteiger charge is -2.09. The number of ether oxygens (including phenoxy) is 2. The first-order valence-corrected chi connectivity index (χ1v) is 9.02. The second-order valence-corrected chi connectivity index (χ2v) is 6.58. The number of halogens is 2. The van der Waals surface area contributed by atoms with E-state index < -0.39 is 17.8 Å². The van der Waals surface area contributed by atoms with Crippen molar-refractivity contribution in [2.75, 3.05) is 6.61 Å². The van der Waals surface area contributed by atoms with Gasteiger partial charge in [-0.15, -0.1) is 0 Å². The van der Waals surface area contributed by atoms with Crippen molar-refractivity contribution in [2.24, 2.45) is 0 Å². The summed E-state index contributed by atoms with van der Waals surface area (Å²) in [6.07, 6.45) is 0.419. The van der Waals surface area contributed by atoms with Gasteiger partial charge in [0.1, 0.15) is 22.7 Å². The molecule has 0 N–H and O–H groups in total. The van der Waals surface area contributed by atoms with Crippen LogP contribution in [0.1, 0.15) is 43.8 Å². The van der Waals surface area contributed by atoms with Gasteiger partial charge in [-0.05, 0) is 65.7 Å². The summed E-state index contributed by atoms with van der Waals surface area (Å²) in [5, 5.41) is 0.266. The molecule has 0 radical (unpaired) electrons. The van der Waals surface area contributed by atoms with Crippen molar-refractivity contribution in [2.45, 2.75) is 13.8 Å². The third-order valence-corrected chi connectivity index (χ3v) is 4.73. The number of fused-ring (bicyclic) bond motifs is 1. The SMILES string of the molecule is CCOC(=O)c1c(C=O)oc2c(C)cc(OC(=O)c3ccc(F)cc3)c(Br)c12.